The quantitative estimate of drug-likeness (QED) is 0.772. The number of para-hydroxylation sites is 1. The van der Waals surface area contributed by atoms with Crippen LogP contribution in [-0.2, 0) is 11.2 Å². The molecule has 19 heavy (non-hydrogen) atoms. The Morgan fingerprint density at radius 1 is 1.00 bits per heavy atom. The van der Waals surface area contributed by atoms with Crippen molar-refractivity contribution in [1.29, 1.82) is 0 Å². The van der Waals surface area contributed by atoms with Gasteiger partial charge in [-0.1, -0.05) is 48.5 Å². The van der Waals surface area contributed by atoms with Crippen molar-refractivity contribution in [2.24, 2.45) is 0 Å². The molecule has 3 heteroatoms. The van der Waals surface area contributed by atoms with E-state index in [2.05, 4.69) is 0 Å². The number of rotatable bonds is 3. The van der Waals surface area contributed by atoms with Gasteiger partial charge in [0.25, 0.3) is 0 Å². The Balaban J connectivity index is 2.26. The second-order valence-electron chi connectivity index (χ2n) is 4.34. The van der Waals surface area contributed by atoms with E-state index in [1.807, 2.05) is 54.6 Å². The van der Waals surface area contributed by atoms with E-state index in [0.717, 1.165) is 22.1 Å². The predicted molar refractivity (Wildman–Crippen MR) is 73.0 cm³/mol. The lowest BCUT2D eigenvalue weighted by atomic mass is 10.0. The molecule has 3 nitrogen and oxygen atoms in total. The molecule has 0 fully saturated rings. The molecule has 0 saturated carbocycles. The molecule has 0 radical (unpaired) electrons. The van der Waals surface area contributed by atoms with Crippen LogP contribution in [0.5, 0.6) is 0 Å². The van der Waals surface area contributed by atoms with Crippen molar-refractivity contribution < 1.29 is 14.3 Å². The van der Waals surface area contributed by atoms with Crippen LogP contribution in [0, 0.1) is 0 Å². The lowest BCUT2D eigenvalue weighted by Gasteiger charge is -2.00. The fourth-order valence-corrected chi connectivity index (χ4v) is 2.25. The number of carboxylic acid groups (broad SMARTS) is 1. The maximum absolute atomic E-state index is 11.1. The lowest BCUT2D eigenvalue weighted by molar-refractivity contribution is -0.136. The van der Waals surface area contributed by atoms with Crippen molar-refractivity contribution in [3.63, 3.8) is 0 Å². The number of fused-ring (bicyclic) bond motifs is 1. The minimum absolute atomic E-state index is 0.0404. The molecule has 3 rings (SSSR count). The Morgan fingerprint density at radius 3 is 2.42 bits per heavy atom. The Hall–Kier alpha value is -2.55. The molecule has 0 aliphatic rings. The first-order valence-corrected chi connectivity index (χ1v) is 6.03. The third-order valence-corrected chi connectivity index (χ3v) is 3.06. The highest BCUT2D eigenvalue weighted by molar-refractivity contribution is 5.91. The number of benzene rings is 2. The zero-order valence-electron chi connectivity index (χ0n) is 10.2. The molecule has 3 aromatic rings. The number of hydrogen-bond acceptors (Lipinski definition) is 2. The third-order valence-electron chi connectivity index (χ3n) is 3.06. The summed E-state index contributed by atoms with van der Waals surface area (Å²) in [7, 11) is 0. The van der Waals surface area contributed by atoms with Gasteiger partial charge in [0.1, 0.15) is 11.3 Å². The first-order valence-electron chi connectivity index (χ1n) is 6.03. The van der Waals surface area contributed by atoms with Gasteiger partial charge in [-0.2, -0.15) is 0 Å². The molecule has 0 amide bonds. The van der Waals surface area contributed by atoms with Crippen molar-refractivity contribution in [2.45, 2.75) is 6.42 Å². The van der Waals surface area contributed by atoms with E-state index in [1.54, 1.807) is 0 Å². The maximum Gasteiger partial charge on any atom is 0.307 e. The van der Waals surface area contributed by atoms with Crippen LogP contribution >= 0.6 is 0 Å². The Bertz CT molecular complexity index is 726. The summed E-state index contributed by atoms with van der Waals surface area (Å²) in [6.45, 7) is 0. The molecule has 0 aliphatic carbocycles. The Kier molecular flexibility index (Phi) is 2.80. The van der Waals surface area contributed by atoms with E-state index in [-0.39, 0.29) is 6.42 Å². The molecule has 0 unspecified atom stereocenters. The van der Waals surface area contributed by atoms with Gasteiger partial charge in [0.15, 0.2) is 0 Å². The van der Waals surface area contributed by atoms with Crippen LogP contribution in [0.25, 0.3) is 22.3 Å². The molecule has 1 heterocycles. The van der Waals surface area contributed by atoms with Crippen molar-refractivity contribution in [2.75, 3.05) is 0 Å². The molecule has 0 bridgehead atoms. The van der Waals surface area contributed by atoms with Gasteiger partial charge < -0.3 is 9.52 Å². The summed E-state index contributed by atoms with van der Waals surface area (Å²) in [4.78, 5) is 11.1. The van der Waals surface area contributed by atoms with Gasteiger partial charge in [0.05, 0.1) is 6.42 Å². The van der Waals surface area contributed by atoms with Crippen LogP contribution in [0.1, 0.15) is 5.56 Å². The summed E-state index contributed by atoms with van der Waals surface area (Å²) >= 11 is 0. The van der Waals surface area contributed by atoms with Crippen molar-refractivity contribution in [3.05, 3.63) is 60.2 Å². The van der Waals surface area contributed by atoms with Crippen LogP contribution in [0.15, 0.2) is 59.0 Å². The molecule has 0 spiro atoms. The largest absolute Gasteiger partial charge is 0.481 e. The van der Waals surface area contributed by atoms with Gasteiger partial charge in [-0.05, 0) is 6.07 Å². The zero-order chi connectivity index (χ0) is 13.2. The van der Waals surface area contributed by atoms with E-state index in [9.17, 15) is 4.79 Å². The molecular formula is C16H12O3. The van der Waals surface area contributed by atoms with Crippen molar-refractivity contribution in [3.8, 4) is 11.3 Å². The summed E-state index contributed by atoms with van der Waals surface area (Å²) in [5.41, 5.74) is 2.35. The first-order chi connectivity index (χ1) is 9.25. The molecule has 0 aliphatic heterocycles. The number of hydrogen-bond donors (Lipinski definition) is 1. The predicted octanol–water partition coefficient (Wildman–Crippen LogP) is 3.73. The summed E-state index contributed by atoms with van der Waals surface area (Å²) in [6.07, 6.45) is -0.0404. The molecular weight excluding hydrogens is 240 g/mol. The van der Waals surface area contributed by atoms with Gasteiger partial charge in [0.2, 0.25) is 0 Å². The SMILES string of the molecule is O=C(O)Cc1c(-c2ccccc2)oc2ccccc12. The van der Waals surface area contributed by atoms with Crippen LogP contribution in [0.2, 0.25) is 0 Å². The standard InChI is InChI=1S/C16H12O3/c17-15(18)10-13-12-8-4-5-9-14(12)19-16(13)11-6-2-1-3-7-11/h1-9H,10H2,(H,17,18). The highest BCUT2D eigenvalue weighted by Gasteiger charge is 2.17. The van der Waals surface area contributed by atoms with E-state index in [4.69, 9.17) is 9.52 Å². The fourth-order valence-electron chi connectivity index (χ4n) is 2.25. The molecule has 94 valence electrons. The van der Waals surface area contributed by atoms with Crippen LogP contribution < -0.4 is 0 Å². The lowest BCUT2D eigenvalue weighted by Crippen LogP contribution is -2.00. The van der Waals surface area contributed by atoms with Gasteiger partial charge in [-0.25, -0.2) is 0 Å². The number of furan rings is 1. The second-order valence-corrected chi connectivity index (χ2v) is 4.34. The number of carbonyl (C=O) groups is 1. The average molecular weight is 252 g/mol. The summed E-state index contributed by atoms with van der Waals surface area (Å²) in [5, 5.41) is 9.94. The second kappa shape index (κ2) is 4.61. The van der Waals surface area contributed by atoms with Crippen LogP contribution in [-0.4, -0.2) is 11.1 Å². The molecule has 2 aromatic carbocycles. The minimum Gasteiger partial charge on any atom is -0.481 e. The first kappa shape index (κ1) is 11.5. The Labute approximate surface area is 110 Å². The summed E-state index contributed by atoms with van der Waals surface area (Å²) in [5.74, 6) is -0.215. The van der Waals surface area contributed by atoms with E-state index in [1.165, 1.54) is 0 Å². The molecule has 0 saturated heterocycles. The molecule has 1 N–H and O–H groups in total. The van der Waals surface area contributed by atoms with Crippen molar-refractivity contribution >= 4 is 16.9 Å². The van der Waals surface area contributed by atoms with Crippen LogP contribution in [0.3, 0.4) is 0 Å². The Morgan fingerprint density at radius 2 is 1.68 bits per heavy atom. The highest BCUT2D eigenvalue weighted by Crippen LogP contribution is 2.33. The summed E-state index contributed by atoms with van der Waals surface area (Å²) in [6, 6.07) is 17.1. The minimum atomic E-state index is -0.858. The van der Waals surface area contributed by atoms with E-state index >= 15 is 0 Å². The molecule has 0 atom stereocenters. The van der Waals surface area contributed by atoms with Crippen LogP contribution in [0.4, 0.5) is 0 Å². The maximum atomic E-state index is 11.1. The van der Waals surface area contributed by atoms with Gasteiger partial charge >= 0.3 is 5.97 Å². The third kappa shape index (κ3) is 2.10. The van der Waals surface area contributed by atoms with E-state index in [0.29, 0.717) is 5.76 Å². The zero-order valence-corrected chi connectivity index (χ0v) is 10.2. The van der Waals surface area contributed by atoms with E-state index < -0.39 is 5.97 Å². The van der Waals surface area contributed by atoms with Gasteiger partial charge in [-0.3, -0.25) is 4.79 Å². The van der Waals surface area contributed by atoms with Gasteiger partial charge in [-0.15, -0.1) is 0 Å². The van der Waals surface area contributed by atoms with Gasteiger partial charge in [0, 0.05) is 16.5 Å². The fraction of sp³-hybridized carbons (Fsp3) is 0.0625. The number of aliphatic carboxylic acids is 1. The normalized spacial score (nSPS) is 10.7. The summed E-state index contributed by atoms with van der Waals surface area (Å²) < 4.78 is 5.82. The average Bonchev–Trinajstić information content (AvgIpc) is 2.78. The number of carboxylic acids is 1. The smallest absolute Gasteiger partial charge is 0.307 e. The monoisotopic (exact) mass is 252 g/mol. The topological polar surface area (TPSA) is 50.4 Å². The highest BCUT2D eigenvalue weighted by atomic mass is 16.4. The van der Waals surface area contributed by atoms with Crippen molar-refractivity contribution in [1.82, 2.24) is 0 Å². The molecule has 1 aromatic heterocycles.